The summed E-state index contributed by atoms with van der Waals surface area (Å²) in [5, 5.41) is 9.57. The van der Waals surface area contributed by atoms with E-state index in [0.717, 1.165) is 16.9 Å². The van der Waals surface area contributed by atoms with Crippen LogP contribution >= 0.6 is 0 Å². The molecule has 4 heteroatoms. The number of rotatable bonds is 7. The minimum Gasteiger partial charge on any atom is -0.496 e. The van der Waals surface area contributed by atoms with Crippen LogP contribution in [0.3, 0.4) is 0 Å². The molecule has 0 spiro atoms. The maximum Gasteiger partial charge on any atom is 0.161 e. The first-order chi connectivity index (χ1) is 11.7. The maximum absolute atomic E-state index is 9.57. The lowest BCUT2D eigenvalue weighted by atomic mass is 10.0. The van der Waals surface area contributed by atoms with Gasteiger partial charge in [0.25, 0.3) is 0 Å². The number of nitrogens with zero attached hydrogens (tertiary/aromatic N) is 1. The van der Waals surface area contributed by atoms with Gasteiger partial charge in [0.15, 0.2) is 11.5 Å². The molecule has 2 aromatic rings. The maximum atomic E-state index is 9.57. The molecule has 0 unspecified atom stereocenters. The summed E-state index contributed by atoms with van der Waals surface area (Å²) >= 11 is 0. The van der Waals surface area contributed by atoms with Crippen molar-refractivity contribution in [2.24, 2.45) is 0 Å². The highest BCUT2D eigenvalue weighted by Crippen LogP contribution is 2.32. The van der Waals surface area contributed by atoms with Crippen molar-refractivity contribution in [2.45, 2.75) is 13.8 Å². The topological polar surface area (TPSA) is 51.5 Å². The van der Waals surface area contributed by atoms with Crippen molar-refractivity contribution in [3.8, 4) is 23.3 Å². The van der Waals surface area contributed by atoms with Crippen molar-refractivity contribution < 1.29 is 14.2 Å². The lowest BCUT2D eigenvalue weighted by Gasteiger charge is -2.12. The number of benzene rings is 2. The van der Waals surface area contributed by atoms with Gasteiger partial charge < -0.3 is 14.2 Å². The van der Waals surface area contributed by atoms with Crippen molar-refractivity contribution in [3.63, 3.8) is 0 Å². The number of nitriles is 1. The van der Waals surface area contributed by atoms with Crippen molar-refractivity contribution >= 4 is 11.6 Å². The van der Waals surface area contributed by atoms with Gasteiger partial charge in [-0.15, -0.1) is 0 Å². The Morgan fingerprint density at radius 1 is 1.00 bits per heavy atom. The van der Waals surface area contributed by atoms with Crippen LogP contribution in [-0.2, 0) is 0 Å². The summed E-state index contributed by atoms with van der Waals surface area (Å²) in [5.41, 5.74) is 2.15. The second-order valence-corrected chi connectivity index (χ2v) is 4.94. The van der Waals surface area contributed by atoms with E-state index in [2.05, 4.69) is 6.07 Å². The molecule has 0 aliphatic rings. The molecule has 0 saturated heterocycles. The van der Waals surface area contributed by atoms with Gasteiger partial charge >= 0.3 is 0 Å². The highest BCUT2D eigenvalue weighted by molar-refractivity contribution is 5.91. The van der Waals surface area contributed by atoms with Gasteiger partial charge in [0.2, 0.25) is 0 Å². The summed E-state index contributed by atoms with van der Waals surface area (Å²) < 4.78 is 16.5. The van der Waals surface area contributed by atoms with E-state index in [0.29, 0.717) is 30.3 Å². The van der Waals surface area contributed by atoms with Gasteiger partial charge in [0.05, 0.1) is 32.0 Å². The van der Waals surface area contributed by atoms with E-state index in [-0.39, 0.29) is 0 Å². The number of allylic oxidation sites excluding steroid dienone is 1. The van der Waals surface area contributed by atoms with Crippen molar-refractivity contribution in [2.75, 3.05) is 20.3 Å². The summed E-state index contributed by atoms with van der Waals surface area (Å²) in [6.45, 7) is 4.92. The predicted octanol–water partition coefficient (Wildman–Crippen LogP) is 4.56. The number of ether oxygens (including phenoxy) is 3. The standard InChI is InChI=1S/C20H21NO3/c1-4-23-19-11-10-15(13-20(19)24-5-2)17(14-21)12-16-8-6-7-9-18(16)22-3/h6-13H,4-5H2,1-3H3/b17-12+. The van der Waals surface area contributed by atoms with Gasteiger partial charge in [-0.25, -0.2) is 0 Å². The summed E-state index contributed by atoms with van der Waals surface area (Å²) in [4.78, 5) is 0. The van der Waals surface area contributed by atoms with Gasteiger partial charge in [-0.3, -0.25) is 0 Å². The Kier molecular flexibility index (Phi) is 6.27. The SMILES string of the molecule is CCOc1ccc(/C(C#N)=C/c2ccccc2OC)cc1OCC. The number of para-hydroxylation sites is 1. The Morgan fingerprint density at radius 2 is 1.71 bits per heavy atom. The van der Waals surface area contributed by atoms with E-state index in [1.54, 1.807) is 7.11 Å². The highest BCUT2D eigenvalue weighted by atomic mass is 16.5. The molecular formula is C20H21NO3. The van der Waals surface area contributed by atoms with Crippen LogP contribution in [0.5, 0.6) is 17.2 Å². The number of hydrogen-bond acceptors (Lipinski definition) is 4. The van der Waals surface area contributed by atoms with Crippen LogP contribution in [-0.4, -0.2) is 20.3 Å². The second kappa shape index (κ2) is 8.64. The molecule has 4 nitrogen and oxygen atoms in total. The number of hydrogen-bond donors (Lipinski definition) is 0. The predicted molar refractivity (Wildman–Crippen MR) is 95.3 cm³/mol. The minimum absolute atomic E-state index is 0.529. The molecule has 0 bridgehead atoms. The Bertz CT molecular complexity index is 760. The first-order valence-corrected chi connectivity index (χ1v) is 7.88. The van der Waals surface area contributed by atoms with Crippen LogP contribution in [0.2, 0.25) is 0 Å². The molecule has 0 radical (unpaired) electrons. The minimum atomic E-state index is 0.529. The molecule has 0 aromatic heterocycles. The Labute approximate surface area is 142 Å². The lowest BCUT2D eigenvalue weighted by Crippen LogP contribution is -1.99. The molecule has 0 amide bonds. The van der Waals surface area contributed by atoms with Crippen molar-refractivity contribution in [3.05, 3.63) is 53.6 Å². The monoisotopic (exact) mass is 323 g/mol. The van der Waals surface area contributed by atoms with Crippen molar-refractivity contribution in [1.82, 2.24) is 0 Å². The Morgan fingerprint density at radius 3 is 2.38 bits per heavy atom. The van der Waals surface area contributed by atoms with Crippen molar-refractivity contribution in [1.29, 1.82) is 5.26 Å². The lowest BCUT2D eigenvalue weighted by molar-refractivity contribution is 0.287. The molecule has 0 saturated carbocycles. The molecular weight excluding hydrogens is 302 g/mol. The van der Waals surface area contributed by atoms with E-state index in [1.807, 2.05) is 62.4 Å². The van der Waals surface area contributed by atoms with Gasteiger partial charge in [0.1, 0.15) is 5.75 Å². The fraction of sp³-hybridized carbons (Fsp3) is 0.250. The smallest absolute Gasteiger partial charge is 0.161 e. The van der Waals surface area contributed by atoms with Crippen LogP contribution in [0.25, 0.3) is 11.6 Å². The third-order valence-corrected chi connectivity index (χ3v) is 3.41. The fourth-order valence-electron chi connectivity index (χ4n) is 2.34. The van der Waals surface area contributed by atoms with E-state index < -0.39 is 0 Å². The molecule has 124 valence electrons. The average molecular weight is 323 g/mol. The van der Waals surface area contributed by atoms with Crippen LogP contribution in [0.15, 0.2) is 42.5 Å². The van der Waals surface area contributed by atoms with Gasteiger partial charge in [0, 0.05) is 5.56 Å². The molecule has 0 N–H and O–H groups in total. The Hall–Kier alpha value is -2.93. The second-order valence-electron chi connectivity index (χ2n) is 4.94. The molecule has 0 fully saturated rings. The van der Waals surface area contributed by atoms with Crippen LogP contribution in [0, 0.1) is 11.3 Å². The van der Waals surface area contributed by atoms with Gasteiger partial charge in [-0.2, -0.15) is 5.26 Å². The molecule has 0 aliphatic carbocycles. The summed E-state index contributed by atoms with van der Waals surface area (Å²) in [6.07, 6.45) is 1.81. The highest BCUT2D eigenvalue weighted by Gasteiger charge is 2.10. The van der Waals surface area contributed by atoms with E-state index in [1.165, 1.54) is 0 Å². The van der Waals surface area contributed by atoms with Crippen LogP contribution in [0.4, 0.5) is 0 Å². The number of methoxy groups -OCH3 is 1. The van der Waals surface area contributed by atoms with Gasteiger partial charge in [-0.05, 0) is 49.8 Å². The van der Waals surface area contributed by atoms with Crippen LogP contribution in [0.1, 0.15) is 25.0 Å². The molecule has 0 heterocycles. The third kappa shape index (κ3) is 4.08. The molecule has 2 aromatic carbocycles. The molecule has 24 heavy (non-hydrogen) atoms. The average Bonchev–Trinajstić information content (AvgIpc) is 2.62. The zero-order valence-corrected chi connectivity index (χ0v) is 14.2. The van der Waals surface area contributed by atoms with Gasteiger partial charge in [-0.1, -0.05) is 18.2 Å². The van der Waals surface area contributed by atoms with Crippen LogP contribution < -0.4 is 14.2 Å². The van der Waals surface area contributed by atoms with E-state index >= 15 is 0 Å². The summed E-state index contributed by atoms with van der Waals surface area (Å²) in [5.74, 6) is 2.04. The summed E-state index contributed by atoms with van der Waals surface area (Å²) in [7, 11) is 1.61. The quantitative estimate of drug-likeness (QED) is 0.554. The summed E-state index contributed by atoms with van der Waals surface area (Å²) in [6, 6.07) is 15.4. The molecule has 2 rings (SSSR count). The third-order valence-electron chi connectivity index (χ3n) is 3.41. The molecule has 0 aliphatic heterocycles. The fourth-order valence-corrected chi connectivity index (χ4v) is 2.34. The normalized spacial score (nSPS) is 10.8. The largest absolute Gasteiger partial charge is 0.496 e. The van der Waals surface area contributed by atoms with E-state index in [4.69, 9.17) is 14.2 Å². The first-order valence-electron chi connectivity index (χ1n) is 7.88. The Balaban J connectivity index is 2.45. The van der Waals surface area contributed by atoms with E-state index in [9.17, 15) is 5.26 Å². The zero-order valence-electron chi connectivity index (χ0n) is 14.2. The zero-order chi connectivity index (χ0) is 17.4. The molecule has 0 atom stereocenters. The first kappa shape index (κ1) is 17.4.